The number of hydrogen-bond acceptors (Lipinski definition) is 5. The molecule has 0 bridgehead atoms. The van der Waals surface area contributed by atoms with Gasteiger partial charge in [-0.3, -0.25) is 0 Å². The van der Waals surface area contributed by atoms with E-state index in [2.05, 4.69) is 10.3 Å². The van der Waals surface area contributed by atoms with Crippen molar-refractivity contribution in [3.05, 3.63) is 18.3 Å². The van der Waals surface area contributed by atoms with E-state index in [0.717, 1.165) is 12.8 Å². The van der Waals surface area contributed by atoms with Crippen molar-refractivity contribution in [1.29, 1.82) is 0 Å². The fourth-order valence-corrected chi connectivity index (χ4v) is 2.97. The number of nitrogens with zero attached hydrogens (tertiary/aromatic N) is 2. The number of ether oxygens (including phenoxy) is 1. The highest BCUT2D eigenvalue weighted by molar-refractivity contribution is 7.89. The third-order valence-electron chi connectivity index (χ3n) is 3.80. The van der Waals surface area contributed by atoms with Gasteiger partial charge in [0.1, 0.15) is 10.7 Å². The van der Waals surface area contributed by atoms with E-state index in [4.69, 9.17) is 4.74 Å². The van der Waals surface area contributed by atoms with E-state index in [-0.39, 0.29) is 10.5 Å². The van der Waals surface area contributed by atoms with Crippen LogP contribution in [0.5, 0.6) is 0 Å². The van der Waals surface area contributed by atoms with Crippen molar-refractivity contribution in [1.82, 2.24) is 9.29 Å². The average molecular weight is 299 g/mol. The Morgan fingerprint density at radius 1 is 1.40 bits per heavy atom. The number of sulfonamides is 1. The molecule has 1 aromatic heterocycles. The molecule has 6 nitrogen and oxygen atoms in total. The van der Waals surface area contributed by atoms with Crippen LogP contribution in [0.25, 0.3) is 0 Å². The van der Waals surface area contributed by atoms with Crippen LogP contribution < -0.4 is 5.32 Å². The lowest BCUT2D eigenvalue weighted by Gasteiger charge is -2.40. The molecule has 0 spiro atoms. The summed E-state index contributed by atoms with van der Waals surface area (Å²) in [5.74, 6) is 0.658. The second kappa shape index (κ2) is 5.67. The molecule has 112 valence electrons. The van der Waals surface area contributed by atoms with Crippen LogP contribution in [0.15, 0.2) is 23.2 Å². The first-order valence-corrected chi connectivity index (χ1v) is 8.01. The maximum absolute atomic E-state index is 11.9. The Labute approximate surface area is 120 Å². The molecule has 0 aliphatic heterocycles. The van der Waals surface area contributed by atoms with Crippen molar-refractivity contribution in [3.63, 3.8) is 0 Å². The SMILES string of the molecule is COC1(CNc2ccc(S(=O)(=O)N(C)C)cn2)CCC1. The summed E-state index contributed by atoms with van der Waals surface area (Å²) in [4.78, 5) is 4.34. The fraction of sp³-hybridized carbons (Fsp3) is 0.615. The molecule has 1 aliphatic rings. The minimum Gasteiger partial charge on any atom is -0.376 e. The van der Waals surface area contributed by atoms with Crippen LogP contribution in [0.1, 0.15) is 19.3 Å². The van der Waals surface area contributed by atoms with E-state index in [0.29, 0.717) is 12.4 Å². The topological polar surface area (TPSA) is 71.5 Å². The standard InChI is InChI=1S/C13H21N3O3S/c1-16(2)20(17,18)11-5-6-12(14-9-11)15-10-13(19-3)7-4-8-13/h5-6,9H,4,7-8,10H2,1-3H3,(H,14,15). The molecule has 1 heterocycles. The van der Waals surface area contributed by atoms with Crippen molar-refractivity contribution >= 4 is 15.8 Å². The van der Waals surface area contributed by atoms with Gasteiger partial charge in [-0.2, -0.15) is 0 Å². The van der Waals surface area contributed by atoms with Crippen LogP contribution in [-0.2, 0) is 14.8 Å². The molecule has 0 unspecified atom stereocenters. The van der Waals surface area contributed by atoms with Gasteiger partial charge in [-0.25, -0.2) is 17.7 Å². The summed E-state index contributed by atoms with van der Waals surface area (Å²) in [5, 5.41) is 3.20. The fourth-order valence-electron chi connectivity index (χ4n) is 2.12. The van der Waals surface area contributed by atoms with E-state index in [9.17, 15) is 8.42 Å². The summed E-state index contributed by atoms with van der Waals surface area (Å²) >= 11 is 0. The lowest BCUT2D eigenvalue weighted by atomic mass is 9.80. The molecule has 1 saturated carbocycles. The van der Waals surface area contributed by atoms with Crippen LogP contribution in [0.2, 0.25) is 0 Å². The molecular formula is C13H21N3O3S. The molecule has 0 amide bonds. The van der Waals surface area contributed by atoms with E-state index in [1.807, 2.05) is 0 Å². The van der Waals surface area contributed by atoms with E-state index >= 15 is 0 Å². The Bertz CT molecular complexity index is 545. The molecular weight excluding hydrogens is 278 g/mol. The number of methoxy groups -OCH3 is 1. The average Bonchev–Trinajstić information content (AvgIpc) is 2.38. The van der Waals surface area contributed by atoms with Gasteiger partial charge in [-0.05, 0) is 31.4 Å². The number of pyridine rings is 1. The van der Waals surface area contributed by atoms with Crippen LogP contribution in [-0.4, -0.2) is 51.1 Å². The highest BCUT2D eigenvalue weighted by atomic mass is 32.2. The first-order chi connectivity index (χ1) is 9.39. The molecule has 0 saturated heterocycles. The molecule has 1 aromatic rings. The van der Waals surface area contributed by atoms with Gasteiger partial charge in [0.25, 0.3) is 0 Å². The van der Waals surface area contributed by atoms with Crippen LogP contribution in [0.4, 0.5) is 5.82 Å². The lowest BCUT2D eigenvalue weighted by molar-refractivity contribution is -0.0601. The molecule has 2 rings (SSSR count). The zero-order valence-electron chi connectivity index (χ0n) is 12.1. The summed E-state index contributed by atoms with van der Waals surface area (Å²) in [5.41, 5.74) is -0.0872. The first-order valence-electron chi connectivity index (χ1n) is 6.57. The second-order valence-corrected chi connectivity index (χ2v) is 7.41. The van der Waals surface area contributed by atoms with Crippen molar-refractivity contribution < 1.29 is 13.2 Å². The van der Waals surface area contributed by atoms with Gasteiger partial charge in [0, 0.05) is 33.9 Å². The molecule has 7 heteroatoms. The van der Waals surface area contributed by atoms with Crippen molar-refractivity contribution in [2.24, 2.45) is 0 Å². The van der Waals surface area contributed by atoms with Gasteiger partial charge < -0.3 is 10.1 Å². The molecule has 0 aromatic carbocycles. The maximum Gasteiger partial charge on any atom is 0.244 e. The molecule has 0 radical (unpaired) electrons. The number of aromatic nitrogens is 1. The second-order valence-electron chi connectivity index (χ2n) is 5.26. The van der Waals surface area contributed by atoms with Crippen LogP contribution in [0.3, 0.4) is 0 Å². The van der Waals surface area contributed by atoms with E-state index in [1.165, 1.54) is 31.0 Å². The van der Waals surface area contributed by atoms with Gasteiger partial charge in [-0.1, -0.05) is 0 Å². The summed E-state index contributed by atoms with van der Waals surface area (Å²) in [6, 6.07) is 3.24. The van der Waals surface area contributed by atoms with Crippen molar-refractivity contribution in [3.8, 4) is 0 Å². The number of anilines is 1. The van der Waals surface area contributed by atoms with Gasteiger partial charge in [0.15, 0.2) is 0 Å². The van der Waals surface area contributed by atoms with Gasteiger partial charge in [0.2, 0.25) is 10.0 Å². The molecule has 1 N–H and O–H groups in total. The predicted octanol–water partition coefficient (Wildman–Crippen LogP) is 1.31. The van der Waals surface area contributed by atoms with Gasteiger partial charge in [0.05, 0.1) is 5.60 Å². The maximum atomic E-state index is 11.9. The van der Waals surface area contributed by atoms with Crippen LogP contribution >= 0.6 is 0 Å². The summed E-state index contributed by atoms with van der Waals surface area (Å²) < 4.78 is 30.5. The zero-order chi connectivity index (χ0) is 14.8. The predicted molar refractivity (Wildman–Crippen MR) is 77.2 cm³/mol. The van der Waals surface area contributed by atoms with Crippen LogP contribution in [0, 0.1) is 0 Å². The van der Waals surface area contributed by atoms with Crippen molar-refractivity contribution in [2.75, 3.05) is 33.1 Å². The highest BCUT2D eigenvalue weighted by Crippen LogP contribution is 2.34. The van der Waals surface area contributed by atoms with Gasteiger partial charge in [-0.15, -0.1) is 0 Å². The smallest absolute Gasteiger partial charge is 0.244 e. The zero-order valence-corrected chi connectivity index (χ0v) is 12.9. The number of hydrogen-bond donors (Lipinski definition) is 1. The Morgan fingerprint density at radius 3 is 2.50 bits per heavy atom. The minimum absolute atomic E-state index is 0.0872. The Balaban J connectivity index is 2.02. The number of rotatable bonds is 6. The Kier molecular flexibility index (Phi) is 4.31. The molecule has 1 aliphatic carbocycles. The lowest BCUT2D eigenvalue weighted by Crippen LogP contribution is -2.45. The third-order valence-corrected chi connectivity index (χ3v) is 5.60. The molecule has 20 heavy (non-hydrogen) atoms. The first kappa shape index (κ1) is 15.2. The molecule has 0 atom stereocenters. The number of nitrogens with one attached hydrogen (secondary N) is 1. The van der Waals surface area contributed by atoms with Crippen molar-refractivity contribution in [2.45, 2.75) is 29.8 Å². The highest BCUT2D eigenvalue weighted by Gasteiger charge is 2.36. The quantitative estimate of drug-likeness (QED) is 0.857. The molecule has 1 fully saturated rings. The Hall–Kier alpha value is -1.18. The summed E-state index contributed by atoms with van der Waals surface area (Å²) in [6.07, 6.45) is 4.65. The largest absolute Gasteiger partial charge is 0.376 e. The normalized spacial score (nSPS) is 17.8. The summed E-state index contributed by atoms with van der Waals surface area (Å²) in [7, 11) is 1.31. The third kappa shape index (κ3) is 2.94. The van der Waals surface area contributed by atoms with E-state index < -0.39 is 10.0 Å². The Morgan fingerprint density at radius 2 is 2.10 bits per heavy atom. The monoisotopic (exact) mass is 299 g/mol. The van der Waals surface area contributed by atoms with E-state index in [1.54, 1.807) is 19.2 Å². The minimum atomic E-state index is -3.42. The van der Waals surface area contributed by atoms with Gasteiger partial charge >= 0.3 is 0 Å². The summed E-state index contributed by atoms with van der Waals surface area (Å²) in [6.45, 7) is 0.691.